The third-order valence-electron chi connectivity index (χ3n) is 27.9. The van der Waals surface area contributed by atoms with Crippen LogP contribution >= 0.6 is 0 Å². The van der Waals surface area contributed by atoms with E-state index < -0.39 is 40.6 Å². The van der Waals surface area contributed by atoms with Gasteiger partial charge in [0.25, 0.3) is 0 Å². The first-order valence-corrected chi connectivity index (χ1v) is 47.7. The van der Waals surface area contributed by atoms with Crippen LogP contribution in [0.3, 0.4) is 0 Å². The number of carboxylic acid groups (broad SMARTS) is 1. The number of imidazole rings is 4. The number of aromatic nitrogens is 20. The molecule has 39 nitrogen and oxygen atoms in total. The fourth-order valence-electron chi connectivity index (χ4n) is 19.6. The van der Waals surface area contributed by atoms with Gasteiger partial charge in [-0.25, -0.2) is 29.6 Å². The van der Waals surface area contributed by atoms with Crippen molar-refractivity contribution in [1.82, 2.24) is 97.8 Å². The number of hydrogen-bond donors (Lipinski definition) is 11. The van der Waals surface area contributed by atoms with Crippen LogP contribution < -0.4 is 29.4 Å². The van der Waals surface area contributed by atoms with Crippen LogP contribution in [0.2, 0.25) is 0 Å². The van der Waals surface area contributed by atoms with Gasteiger partial charge in [0.2, 0.25) is 23.8 Å². The summed E-state index contributed by atoms with van der Waals surface area (Å²) in [7, 11) is 0. The zero-order valence-electron chi connectivity index (χ0n) is 78.0. The predicted octanol–water partition coefficient (Wildman–Crippen LogP) is 11.1. The third kappa shape index (κ3) is 19.4. The molecule has 0 aliphatic carbocycles. The Labute approximate surface area is 814 Å². The van der Waals surface area contributed by atoms with Crippen molar-refractivity contribution in [3.05, 3.63) is 260 Å². The highest BCUT2D eigenvalue weighted by Crippen LogP contribution is 2.43. The first kappa shape index (κ1) is 93.6. The highest BCUT2D eigenvalue weighted by atomic mass is 16.4. The van der Waals surface area contributed by atoms with Crippen molar-refractivity contribution in [2.75, 3.05) is 108 Å². The highest BCUT2D eigenvalue weighted by Gasteiger charge is 2.42. The fourth-order valence-corrected chi connectivity index (χ4v) is 19.6. The van der Waals surface area contributed by atoms with Gasteiger partial charge < -0.3 is 90.1 Å². The Hall–Kier alpha value is -16.0. The van der Waals surface area contributed by atoms with Crippen LogP contribution in [-0.4, -0.2) is 251 Å². The molecule has 0 saturated carbocycles. The SMILES string of the molecule is Cc1nc(N2CCC(O)(c3ccc(O)cc3)CC2)nc2c1ncn2-c1ccc(C#N)cc1.O=C(O)CCCCn1cnc2c(-n3ncc4ccccc43)nc(N3CCC(O)(c4ccc(O)cc4)CC3)nc21.Oc1ccc(C2(O)CCN(c3nc(N4CCCCC4)c4ncn(-c5ccncc5)c4n3)CC2)cc1.Oc1ccc(C2(O)CCN(c3nc(N4C[C@H](O)[C@@H](O)C4)c4ncn(-c5ccncc5)c4n3)CC2)cc1. The molecule has 6 aliphatic rings. The summed E-state index contributed by atoms with van der Waals surface area (Å²) in [6.07, 6.45) is 22.9. The number of rotatable bonds is 19. The number of nitriles is 1. The summed E-state index contributed by atoms with van der Waals surface area (Å²) in [5, 5.41) is 127. The lowest BCUT2D eigenvalue weighted by atomic mass is 9.84. The number of phenolic OH excluding ortho intramolecular Hbond substituents is 4. The number of aliphatic carboxylic acids is 1. The summed E-state index contributed by atoms with van der Waals surface area (Å²) in [6.45, 7) is 9.52. The summed E-state index contributed by atoms with van der Waals surface area (Å²) in [6, 6.07) is 51.9. The van der Waals surface area contributed by atoms with Crippen LogP contribution in [0.1, 0.15) is 123 Å². The number of piperidine rings is 5. The molecule has 0 radical (unpaired) electrons. The lowest BCUT2D eigenvalue weighted by Gasteiger charge is -2.39. The number of carboxylic acids is 1. The summed E-state index contributed by atoms with van der Waals surface area (Å²) in [5.41, 5.74) is 9.77. The van der Waals surface area contributed by atoms with Crippen molar-refractivity contribution in [2.24, 2.45) is 0 Å². The molecule has 6 saturated heterocycles. The van der Waals surface area contributed by atoms with Crippen molar-refractivity contribution in [3.63, 3.8) is 0 Å². The lowest BCUT2D eigenvalue weighted by Crippen LogP contribution is -2.43. The first-order chi connectivity index (χ1) is 68.9. The molecule has 142 heavy (non-hydrogen) atoms. The first-order valence-electron chi connectivity index (χ1n) is 47.7. The lowest BCUT2D eigenvalue weighted by molar-refractivity contribution is -0.137. The molecule has 0 amide bonds. The molecule has 17 heterocycles. The average Bonchev–Trinajstić information content (AvgIpc) is 1.59. The summed E-state index contributed by atoms with van der Waals surface area (Å²) < 4.78 is 9.47. The van der Waals surface area contributed by atoms with E-state index in [1.807, 2.05) is 102 Å². The van der Waals surface area contributed by atoms with Crippen LogP contribution in [-0.2, 0) is 33.7 Å². The van der Waals surface area contributed by atoms with Crippen molar-refractivity contribution >= 4 is 97.0 Å². The summed E-state index contributed by atoms with van der Waals surface area (Å²) in [4.78, 5) is 89.1. The van der Waals surface area contributed by atoms with Crippen LogP contribution in [0.25, 0.3) is 78.4 Å². The topological polar surface area (TPSA) is 501 Å². The Balaban J connectivity index is 0.000000116. The smallest absolute Gasteiger partial charge is 0.303 e. The molecule has 11 aromatic heterocycles. The number of unbranched alkanes of at least 4 members (excludes halogenated alkanes) is 1. The molecule has 23 rings (SSSR count). The molecule has 2 atom stereocenters. The van der Waals surface area contributed by atoms with Crippen LogP contribution in [0.5, 0.6) is 23.0 Å². The Bertz CT molecular complexity index is 7370. The zero-order valence-corrected chi connectivity index (χ0v) is 78.0. The molecule has 17 aromatic rings. The van der Waals surface area contributed by atoms with Crippen molar-refractivity contribution in [3.8, 4) is 51.9 Å². The second kappa shape index (κ2) is 39.7. The number of aromatic hydroxyl groups is 4. The molecule has 0 unspecified atom stereocenters. The number of phenols is 4. The summed E-state index contributed by atoms with van der Waals surface area (Å²) >= 11 is 0. The van der Waals surface area contributed by atoms with Gasteiger partial charge in [0.1, 0.15) is 47.5 Å². The van der Waals surface area contributed by atoms with E-state index >= 15 is 0 Å². The highest BCUT2D eigenvalue weighted by molar-refractivity contribution is 5.89. The van der Waals surface area contributed by atoms with E-state index in [2.05, 4.69) is 60.7 Å². The Kier molecular flexibility index (Phi) is 26.2. The standard InChI is InChI=1S/C28H29N7O4.C26H29N7O2.C25H27N7O4.C24H22N6O2/c36-21-10-8-20(9-11-21)28(39)12-15-33(16-13-28)27-31-25-24(29-18-34(25)14-4-3-7-23(37)38)26(32-27)35-22-6-2-1-5-19(22)17-30-35;34-21-6-4-19(5-7-21)26(35)10-16-32(17-11-26)25-29-23(31-14-2-1-3-15-31)22-24(30-25)33(18-28-22)20-8-12-27-13-9-20;33-18-3-1-16(2-4-18)25(36)7-11-30(12-8-25)24-28-22(31-13-19(34)20(35)14-31)21-23(29-24)32(15-27-21)17-5-9-26-10-6-17;1-16-21-22(30(15-26-21)19-6-2-17(14-25)3-7-19)28-23(27-16)29-12-10-24(32,11-13-29)18-4-8-20(31)9-5-18/h1-2,5-6,8-11,17-18,36,39H,3-4,7,12-16H2,(H,37,38);4-9,12-13,18,34-35H,1-3,10-11,14-17H2;1-6,9-10,15,19-20,33-36H,7-8,11-14H2;2-9,15,31-32H,10-13H2,1H3/t;;19-,20-;/m..0./s1. The molecule has 11 N–H and O–H groups in total. The van der Waals surface area contributed by atoms with Crippen LogP contribution in [0.15, 0.2) is 226 Å². The minimum absolute atomic E-state index is 0.120. The van der Waals surface area contributed by atoms with Gasteiger partial charge in [0.15, 0.2) is 56.6 Å². The van der Waals surface area contributed by atoms with Gasteiger partial charge in [-0.15, -0.1) is 0 Å². The quantitative estimate of drug-likeness (QED) is 0.0335. The number of hydrogen-bond acceptors (Lipinski definition) is 33. The third-order valence-corrected chi connectivity index (χ3v) is 27.9. The van der Waals surface area contributed by atoms with E-state index in [0.29, 0.717) is 192 Å². The Morgan fingerprint density at radius 1 is 0.394 bits per heavy atom. The number of fused-ring (bicyclic) bond motifs is 5. The predicted molar refractivity (Wildman–Crippen MR) is 531 cm³/mol. The number of benzene rings is 6. The number of anilines is 6. The minimum atomic E-state index is -1.00. The number of carbonyl (C=O) groups is 1. The second-order valence-corrected chi connectivity index (χ2v) is 37.0. The maximum atomic E-state index is 11.3. The molecule has 6 aromatic carbocycles. The van der Waals surface area contributed by atoms with E-state index in [1.54, 1.807) is 164 Å². The zero-order chi connectivity index (χ0) is 98.0. The van der Waals surface area contributed by atoms with Gasteiger partial charge in [0.05, 0.1) is 81.4 Å². The number of aliphatic hydroxyl groups is 6. The van der Waals surface area contributed by atoms with Crippen LogP contribution in [0, 0.1) is 18.3 Å². The van der Waals surface area contributed by atoms with Gasteiger partial charge >= 0.3 is 5.97 Å². The van der Waals surface area contributed by atoms with Crippen LogP contribution in [0.4, 0.5) is 35.4 Å². The fraction of sp³-hybridized carbons (Fsp3) is 0.330. The number of pyridine rings is 2. The molecule has 0 bridgehead atoms. The molecular weight excluding hydrogens is 1810 g/mol. The number of nitrogens with zero attached hydrogens (tertiary/aromatic N) is 27. The van der Waals surface area contributed by atoms with Gasteiger partial charge in [0, 0.05) is 127 Å². The van der Waals surface area contributed by atoms with E-state index in [9.17, 15) is 55.9 Å². The number of aryl methyl sites for hydroxylation is 2. The van der Waals surface area contributed by atoms with E-state index in [0.717, 1.165) is 104 Å². The van der Waals surface area contributed by atoms with Crippen molar-refractivity contribution in [2.45, 2.75) is 138 Å². The van der Waals surface area contributed by atoms with E-state index in [1.165, 1.54) is 6.42 Å². The molecule has 39 heteroatoms. The molecule has 726 valence electrons. The largest absolute Gasteiger partial charge is 0.508 e. The number of aliphatic hydroxyl groups excluding tert-OH is 2. The number of para-hydroxylation sites is 1. The van der Waals surface area contributed by atoms with E-state index in [-0.39, 0.29) is 42.5 Å². The maximum Gasteiger partial charge on any atom is 0.303 e. The van der Waals surface area contributed by atoms with E-state index in [4.69, 9.17) is 50.2 Å². The molecule has 6 aliphatic heterocycles. The molecule has 6 fully saturated rings. The van der Waals surface area contributed by atoms with Gasteiger partial charge in [-0.3, -0.25) is 28.5 Å². The molecular formula is C103H107N27O12. The average molecular weight is 1920 g/mol. The monoisotopic (exact) mass is 1910 g/mol. The second-order valence-electron chi connectivity index (χ2n) is 37.0. The van der Waals surface area contributed by atoms with Gasteiger partial charge in [-0.05, 0) is 216 Å². The van der Waals surface area contributed by atoms with Crippen molar-refractivity contribution < 1.29 is 61.0 Å². The maximum absolute atomic E-state index is 11.3. The van der Waals surface area contributed by atoms with Gasteiger partial charge in [-0.1, -0.05) is 66.7 Å². The molecule has 0 spiro atoms. The van der Waals surface area contributed by atoms with Crippen molar-refractivity contribution in [1.29, 1.82) is 5.26 Å². The van der Waals surface area contributed by atoms with Gasteiger partial charge in [-0.2, -0.15) is 45.2 Å². The minimum Gasteiger partial charge on any atom is -0.508 e. The summed E-state index contributed by atoms with van der Waals surface area (Å²) in [5.74, 6) is 4.22. The Morgan fingerprint density at radius 2 is 0.761 bits per heavy atom. The number of β-amino-alcohol motifs (C(OH)–C–C–N with tert-alkyl or cyclic N) is 2. The Morgan fingerprint density at radius 3 is 1.18 bits per heavy atom. The normalized spacial score (nSPS) is 17.7.